The molecule has 1 saturated heterocycles. The van der Waals surface area contributed by atoms with Crippen LogP contribution in [0.2, 0.25) is 0 Å². The molecular formula is C17H19N2. The number of anilines is 1. The minimum absolute atomic E-state index is 1.12. The standard InChI is InChI=1S/C17H19N2/c1-18-11-13-19(14-12-18)17-9-7-16(8-10-17)15-5-3-2-4-6-15/h3-10H,11-14H2,1H3. The first-order valence-electron chi connectivity index (χ1n) is 6.83. The molecule has 2 nitrogen and oxygen atoms in total. The molecule has 0 amide bonds. The summed E-state index contributed by atoms with van der Waals surface area (Å²) in [7, 11) is 2.19. The Morgan fingerprint density at radius 3 is 2.00 bits per heavy atom. The van der Waals surface area contributed by atoms with Crippen molar-refractivity contribution in [2.24, 2.45) is 0 Å². The van der Waals surface area contributed by atoms with Crippen LogP contribution in [0, 0.1) is 6.07 Å². The summed E-state index contributed by atoms with van der Waals surface area (Å²) >= 11 is 0. The van der Waals surface area contributed by atoms with Crippen molar-refractivity contribution < 1.29 is 0 Å². The summed E-state index contributed by atoms with van der Waals surface area (Å²) in [5.74, 6) is 0. The maximum absolute atomic E-state index is 3.06. The molecule has 1 aliphatic heterocycles. The topological polar surface area (TPSA) is 6.48 Å². The van der Waals surface area contributed by atoms with Gasteiger partial charge in [0.25, 0.3) is 0 Å². The zero-order valence-corrected chi connectivity index (χ0v) is 11.3. The summed E-state index contributed by atoms with van der Waals surface area (Å²) in [4.78, 5) is 4.84. The van der Waals surface area contributed by atoms with Gasteiger partial charge in [0.2, 0.25) is 0 Å². The van der Waals surface area contributed by atoms with Crippen LogP contribution in [0.1, 0.15) is 0 Å². The molecule has 0 saturated carbocycles. The van der Waals surface area contributed by atoms with Gasteiger partial charge in [-0.2, -0.15) is 0 Å². The van der Waals surface area contributed by atoms with Crippen LogP contribution in [0.4, 0.5) is 5.69 Å². The van der Waals surface area contributed by atoms with E-state index in [-0.39, 0.29) is 0 Å². The van der Waals surface area contributed by atoms with Gasteiger partial charge in [-0.1, -0.05) is 36.4 Å². The largest absolute Gasteiger partial charge is 0.369 e. The Kier molecular flexibility index (Phi) is 3.51. The normalized spacial score (nSPS) is 16.6. The highest BCUT2D eigenvalue weighted by molar-refractivity contribution is 5.66. The summed E-state index contributed by atoms with van der Waals surface area (Å²) < 4.78 is 0. The van der Waals surface area contributed by atoms with Crippen LogP contribution >= 0.6 is 0 Å². The highest BCUT2D eigenvalue weighted by Gasteiger charge is 2.13. The number of hydrogen-bond acceptors (Lipinski definition) is 2. The van der Waals surface area contributed by atoms with E-state index in [4.69, 9.17) is 0 Å². The Morgan fingerprint density at radius 1 is 0.789 bits per heavy atom. The maximum atomic E-state index is 3.06. The molecule has 1 aliphatic rings. The molecule has 0 aliphatic carbocycles. The van der Waals surface area contributed by atoms with E-state index in [0.717, 1.165) is 26.2 Å². The molecule has 1 heterocycles. The lowest BCUT2D eigenvalue weighted by Crippen LogP contribution is -2.44. The highest BCUT2D eigenvalue weighted by Crippen LogP contribution is 2.23. The number of hydrogen-bond donors (Lipinski definition) is 0. The minimum Gasteiger partial charge on any atom is -0.369 e. The Balaban J connectivity index is 1.76. The van der Waals surface area contributed by atoms with Gasteiger partial charge < -0.3 is 9.80 Å². The van der Waals surface area contributed by atoms with E-state index in [1.165, 1.54) is 16.8 Å². The van der Waals surface area contributed by atoms with E-state index < -0.39 is 0 Å². The predicted molar refractivity (Wildman–Crippen MR) is 80.4 cm³/mol. The first kappa shape index (κ1) is 12.2. The zero-order chi connectivity index (χ0) is 13.1. The second-order valence-electron chi connectivity index (χ2n) is 5.13. The fourth-order valence-corrected chi connectivity index (χ4v) is 2.51. The maximum Gasteiger partial charge on any atom is 0.0367 e. The van der Waals surface area contributed by atoms with E-state index >= 15 is 0 Å². The summed E-state index contributed by atoms with van der Waals surface area (Å²) in [6.45, 7) is 4.54. The van der Waals surface area contributed by atoms with Gasteiger partial charge in [-0.3, -0.25) is 0 Å². The van der Waals surface area contributed by atoms with Crippen LogP contribution < -0.4 is 4.90 Å². The molecular weight excluding hydrogens is 232 g/mol. The van der Waals surface area contributed by atoms with Gasteiger partial charge in [0.15, 0.2) is 0 Å². The van der Waals surface area contributed by atoms with Crippen LogP contribution in [-0.4, -0.2) is 38.1 Å². The molecule has 2 aromatic rings. The third-order valence-electron chi connectivity index (χ3n) is 3.79. The molecule has 0 N–H and O–H groups in total. The van der Waals surface area contributed by atoms with Crippen molar-refractivity contribution >= 4 is 5.69 Å². The first-order valence-corrected chi connectivity index (χ1v) is 6.83. The lowest BCUT2D eigenvalue weighted by Gasteiger charge is -2.34. The van der Waals surface area contributed by atoms with Crippen LogP contribution in [0.5, 0.6) is 0 Å². The van der Waals surface area contributed by atoms with Gasteiger partial charge in [-0.05, 0) is 36.4 Å². The Labute approximate surface area is 115 Å². The highest BCUT2D eigenvalue weighted by atomic mass is 15.2. The summed E-state index contributed by atoms with van der Waals surface area (Å²) in [5, 5.41) is 0. The Hall–Kier alpha value is -1.80. The van der Waals surface area contributed by atoms with Gasteiger partial charge in [-0.25, -0.2) is 0 Å². The van der Waals surface area contributed by atoms with Crippen molar-refractivity contribution in [2.45, 2.75) is 0 Å². The molecule has 0 unspecified atom stereocenters. The quantitative estimate of drug-likeness (QED) is 0.809. The number of rotatable bonds is 2. The van der Waals surface area contributed by atoms with Crippen molar-refractivity contribution in [1.82, 2.24) is 4.90 Å². The van der Waals surface area contributed by atoms with Crippen molar-refractivity contribution in [3.05, 3.63) is 54.6 Å². The number of likely N-dealkylation sites (N-methyl/N-ethyl adjacent to an activating group) is 1. The van der Waals surface area contributed by atoms with Gasteiger partial charge in [0.1, 0.15) is 0 Å². The molecule has 2 heteroatoms. The second kappa shape index (κ2) is 5.45. The molecule has 0 spiro atoms. The fourth-order valence-electron chi connectivity index (χ4n) is 2.51. The zero-order valence-electron chi connectivity index (χ0n) is 11.3. The van der Waals surface area contributed by atoms with Gasteiger partial charge in [0, 0.05) is 31.9 Å². The molecule has 0 bridgehead atoms. The van der Waals surface area contributed by atoms with Gasteiger partial charge in [-0.15, -0.1) is 0 Å². The SMILES string of the molecule is CN1CCN(c2ccc(-c3cc[c]cc3)cc2)CC1. The van der Waals surface area contributed by atoms with E-state index in [9.17, 15) is 0 Å². The predicted octanol–water partition coefficient (Wildman–Crippen LogP) is 2.91. The summed E-state index contributed by atoms with van der Waals surface area (Å²) in [6.07, 6.45) is 0. The Morgan fingerprint density at radius 2 is 1.37 bits per heavy atom. The van der Waals surface area contributed by atoms with E-state index in [1.807, 2.05) is 12.1 Å². The first-order chi connectivity index (χ1) is 9.33. The van der Waals surface area contributed by atoms with E-state index in [0.29, 0.717) is 0 Å². The number of piperazine rings is 1. The molecule has 0 aromatic heterocycles. The average Bonchev–Trinajstić information content (AvgIpc) is 2.49. The van der Waals surface area contributed by atoms with Crippen molar-refractivity contribution in [3.63, 3.8) is 0 Å². The summed E-state index contributed by atoms with van der Waals surface area (Å²) in [5.41, 5.74) is 3.86. The van der Waals surface area contributed by atoms with Crippen LogP contribution in [0.25, 0.3) is 11.1 Å². The lowest BCUT2D eigenvalue weighted by atomic mass is 10.1. The fraction of sp³-hybridized carbons (Fsp3) is 0.294. The van der Waals surface area contributed by atoms with E-state index in [2.05, 4.69) is 59.3 Å². The lowest BCUT2D eigenvalue weighted by molar-refractivity contribution is 0.313. The summed E-state index contributed by atoms with van der Waals surface area (Å²) in [6, 6.07) is 20.1. The second-order valence-corrected chi connectivity index (χ2v) is 5.13. The minimum atomic E-state index is 1.12. The van der Waals surface area contributed by atoms with Crippen molar-refractivity contribution in [1.29, 1.82) is 0 Å². The molecule has 3 rings (SSSR count). The molecule has 19 heavy (non-hydrogen) atoms. The monoisotopic (exact) mass is 251 g/mol. The smallest absolute Gasteiger partial charge is 0.0367 e. The van der Waals surface area contributed by atoms with Gasteiger partial charge in [0.05, 0.1) is 0 Å². The molecule has 2 aromatic carbocycles. The van der Waals surface area contributed by atoms with E-state index in [1.54, 1.807) is 0 Å². The van der Waals surface area contributed by atoms with Crippen molar-refractivity contribution in [3.8, 4) is 11.1 Å². The molecule has 0 atom stereocenters. The average molecular weight is 251 g/mol. The number of nitrogens with zero attached hydrogens (tertiary/aromatic N) is 2. The van der Waals surface area contributed by atoms with Crippen LogP contribution in [0.15, 0.2) is 48.5 Å². The molecule has 1 radical (unpaired) electrons. The van der Waals surface area contributed by atoms with Crippen LogP contribution in [0.3, 0.4) is 0 Å². The third kappa shape index (κ3) is 2.79. The number of benzene rings is 2. The third-order valence-corrected chi connectivity index (χ3v) is 3.79. The molecule has 1 fully saturated rings. The van der Waals surface area contributed by atoms with Crippen molar-refractivity contribution in [2.75, 3.05) is 38.1 Å². The Bertz CT molecular complexity index is 511. The van der Waals surface area contributed by atoms with Crippen LogP contribution in [-0.2, 0) is 0 Å². The molecule has 97 valence electrons. The van der Waals surface area contributed by atoms with Gasteiger partial charge >= 0.3 is 0 Å².